The minimum Gasteiger partial charge on any atom is -0.351 e. The molecule has 9 heteroatoms. The largest absolute Gasteiger partial charge is 0.407 e. The normalized spacial score (nSPS) is 18.6. The van der Waals surface area contributed by atoms with Crippen LogP contribution in [-0.2, 0) is 23.1 Å². The van der Waals surface area contributed by atoms with Crippen molar-refractivity contribution in [1.82, 2.24) is 0 Å². The SMILES string of the molecule is CC(OCCN)OP(N)(=O)OC(C)OCCN. The zero-order valence-corrected chi connectivity index (χ0v) is 11.1. The molecular weight excluding hydrogens is 249 g/mol. The lowest BCUT2D eigenvalue weighted by Gasteiger charge is -2.21. The fourth-order valence-electron chi connectivity index (χ4n) is 0.968. The molecule has 0 heterocycles. The van der Waals surface area contributed by atoms with Crippen molar-refractivity contribution in [2.75, 3.05) is 26.3 Å². The van der Waals surface area contributed by atoms with Gasteiger partial charge in [-0.15, -0.1) is 0 Å². The van der Waals surface area contributed by atoms with Gasteiger partial charge in [-0.05, 0) is 13.8 Å². The van der Waals surface area contributed by atoms with E-state index in [2.05, 4.69) is 0 Å². The average Bonchev–Trinajstić information content (AvgIpc) is 2.22. The van der Waals surface area contributed by atoms with Crippen LogP contribution in [0.3, 0.4) is 0 Å². The molecule has 0 saturated carbocycles. The molecule has 0 spiro atoms. The Morgan fingerprint density at radius 3 is 1.65 bits per heavy atom. The molecule has 0 aliphatic carbocycles. The Morgan fingerprint density at radius 1 is 1.00 bits per heavy atom. The molecule has 0 aliphatic heterocycles. The van der Waals surface area contributed by atoms with Crippen LogP contribution in [0, 0.1) is 0 Å². The third kappa shape index (κ3) is 9.63. The van der Waals surface area contributed by atoms with Gasteiger partial charge in [0.25, 0.3) is 0 Å². The second-order valence-electron chi connectivity index (χ2n) is 3.20. The van der Waals surface area contributed by atoms with Gasteiger partial charge < -0.3 is 20.9 Å². The summed E-state index contributed by atoms with van der Waals surface area (Å²) in [6, 6.07) is 0. The zero-order chi connectivity index (χ0) is 13.3. The highest BCUT2D eigenvalue weighted by molar-refractivity contribution is 7.51. The molecule has 0 rings (SSSR count). The summed E-state index contributed by atoms with van der Waals surface area (Å²) in [6.45, 7) is 4.31. The van der Waals surface area contributed by atoms with Gasteiger partial charge in [0, 0.05) is 13.1 Å². The highest BCUT2D eigenvalue weighted by Gasteiger charge is 2.25. The Hall–Kier alpha value is -0.0500. The van der Waals surface area contributed by atoms with Crippen LogP contribution in [-0.4, -0.2) is 38.9 Å². The van der Waals surface area contributed by atoms with Gasteiger partial charge in [-0.2, -0.15) is 0 Å². The van der Waals surface area contributed by atoms with E-state index in [9.17, 15) is 4.57 Å². The maximum Gasteiger partial charge on any atom is 0.407 e. The average molecular weight is 271 g/mol. The predicted octanol–water partition coefficient (Wildman–Crippen LogP) is -0.271. The van der Waals surface area contributed by atoms with E-state index >= 15 is 0 Å². The molecule has 0 radical (unpaired) electrons. The van der Waals surface area contributed by atoms with Crippen molar-refractivity contribution in [3.8, 4) is 0 Å². The molecule has 0 amide bonds. The predicted molar refractivity (Wildman–Crippen MR) is 62.9 cm³/mol. The van der Waals surface area contributed by atoms with Gasteiger partial charge in [0.05, 0.1) is 13.2 Å². The van der Waals surface area contributed by atoms with Crippen LogP contribution in [0.2, 0.25) is 0 Å². The van der Waals surface area contributed by atoms with Crippen LogP contribution in [0.15, 0.2) is 0 Å². The number of rotatable bonds is 10. The van der Waals surface area contributed by atoms with Crippen molar-refractivity contribution in [2.24, 2.45) is 17.0 Å². The molecule has 0 aromatic rings. The Labute approximate surface area is 101 Å². The van der Waals surface area contributed by atoms with Crippen molar-refractivity contribution in [2.45, 2.75) is 26.4 Å². The Morgan fingerprint density at radius 2 is 1.35 bits per heavy atom. The zero-order valence-electron chi connectivity index (χ0n) is 10.2. The summed E-state index contributed by atoms with van der Waals surface area (Å²) in [4.78, 5) is 0. The van der Waals surface area contributed by atoms with E-state index in [4.69, 9.17) is 35.5 Å². The summed E-state index contributed by atoms with van der Waals surface area (Å²) in [5.74, 6) is 0. The molecule has 0 fully saturated rings. The summed E-state index contributed by atoms with van der Waals surface area (Å²) in [5.41, 5.74) is 15.8. The summed E-state index contributed by atoms with van der Waals surface area (Å²) in [5, 5.41) is 0. The Bertz CT molecular complexity index is 223. The van der Waals surface area contributed by atoms with Gasteiger partial charge in [-0.1, -0.05) is 0 Å². The summed E-state index contributed by atoms with van der Waals surface area (Å²) < 4.78 is 31.6. The molecule has 104 valence electrons. The van der Waals surface area contributed by atoms with Crippen molar-refractivity contribution >= 4 is 7.75 Å². The molecule has 6 N–H and O–H groups in total. The fraction of sp³-hybridized carbons (Fsp3) is 1.00. The molecule has 0 bridgehead atoms. The van der Waals surface area contributed by atoms with E-state index in [1.807, 2.05) is 0 Å². The second-order valence-corrected chi connectivity index (χ2v) is 4.71. The van der Waals surface area contributed by atoms with Gasteiger partial charge in [0.1, 0.15) is 0 Å². The number of nitrogens with two attached hydrogens (primary N) is 3. The maximum atomic E-state index is 11.7. The fourth-order valence-corrected chi connectivity index (χ4v) is 1.97. The quantitative estimate of drug-likeness (QED) is 0.365. The van der Waals surface area contributed by atoms with Crippen LogP contribution in [0.1, 0.15) is 13.8 Å². The lowest BCUT2D eigenvalue weighted by Crippen LogP contribution is -2.23. The standard InChI is InChI=1S/C8H22N3O5P/c1-7(13-5-3-9)15-17(11,12)16-8(2)14-6-4-10/h7-8H,3-6,9-10H2,1-2H3,(H2,11,12). The van der Waals surface area contributed by atoms with Gasteiger partial charge in [0.2, 0.25) is 0 Å². The van der Waals surface area contributed by atoms with E-state index in [0.29, 0.717) is 13.1 Å². The summed E-state index contributed by atoms with van der Waals surface area (Å²) in [7, 11) is -3.72. The van der Waals surface area contributed by atoms with E-state index in [1.54, 1.807) is 13.8 Å². The number of hydrogen-bond acceptors (Lipinski definition) is 7. The molecule has 0 saturated heterocycles. The minimum atomic E-state index is -3.72. The Kier molecular flexibility index (Phi) is 8.93. The highest BCUT2D eigenvalue weighted by atomic mass is 31.2. The molecule has 8 nitrogen and oxygen atoms in total. The first-order chi connectivity index (χ1) is 7.91. The number of hydrogen-bond donors (Lipinski definition) is 3. The van der Waals surface area contributed by atoms with Crippen molar-refractivity contribution in [3.05, 3.63) is 0 Å². The van der Waals surface area contributed by atoms with Gasteiger partial charge in [-0.3, -0.25) is 9.05 Å². The van der Waals surface area contributed by atoms with Crippen LogP contribution in [0.5, 0.6) is 0 Å². The number of ether oxygens (including phenoxy) is 2. The highest BCUT2D eigenvalue weighted by Crippen LogP contribution is 2.42. The Balaban J connectivity index is 3.96. The second kappa shape index (κ2) is 8.96. The molecule has 0 aliphatic rings. The van der Waals surface area contributed by atoms with Crippen molar-refractivity contribution < 1.29 is 23.1 Å². The summed E-state index contributed by atoms with van der Waals surface area (Å²) in [6.07, 6.45) is -1.54. The molecule has 17 heavy (non-hydrogen) atoms. The van der Waals surface area contributed by atoms with E-state index in [1.165, 1.54) is 0 Å². The topological polar surface area (TPSA) is 132 Å². The summed E-state index contributed by atoms with van der Waals surface area (Å²) >= 11 is 0. The molecule has 2 atom stereocenters. The first kappa shape index (κ1) is 16.9. The molecule has 2 unspecified atom stereocenters. The first-order valence-corrected chi connectivity index (χ1v) is 6.91. The third-order valence-corrected chi connectivity index (χ3v) is 2.71. The van der Waals surface area contributed by atoms with Gasteiger partial charge in [-0.25, -0.2) is 10.1 Å². The molecule has 0 aromatic heterocycles. The monoisotopic (exact) mass is 271 g/mol. The van der Waals surface area contributed by atoms with Gasteiger partial charge >= 0.3 is 7.75 Å². The van der Waals surface area contributed by atoms with E-state index < -0.39 is 20.3 Å². The van der Waals surface area contributed by atoms with E-state index in [-0.39, 0.29) is 13.2 Å². The lowest BCUT2D eigenvalue weighted by molar-refractivity contribution is -0.103. The van der Waals surface area contributed by atoms with Crippen LogP contribution < -0.4 is 17.0 Å². The smallest absolute Gasteiger partial charge is 0.351 e. The molecular formula is C8H22N3O5P. The van der Waals surface area contributed by atoms with Crippen molar-refractivity contribution in [1.29, 1.82) is 0 Å². The third-order valence-electron chi connectivity index (χ3n) is 1.53. The minimum absolute atomic E-state index is 0.278. The molecule has 0 aromatic carbocycles. The van der Waals surface area contributed by atoms with Crippen molar-refractivity contribution in [3.63, 3.8) is 0 Å². The lowest BCUT2D eigenvalue weighted by atomic mass is 10.7. The maximum absolute atomic E-state index is 11.7. The first-order valence-electron chi connectivity index (χ1n) is 5.30. The van der Waals surface area contributed by atoms with Crippen LogP contribution in [0.25, 0.3) is 0 Å². The van der Waals surface area contributed by atoms with Crippen LogP contribution in [0.4, 0.5) is 0 Å². The van der Waals surface area contributed by atoms with Gasteiger partial charge in [0.15, 0.2) is 12.6 Å². The van der Waals surface area contributed by atoms with Crippen LogP contribution >= 0.6 is 7.75 Å². The van der Waals surface area contributed by atoms with E-state index in [0.717, 1.165) is 0 Å².